The highest BCUT2D eigenvalue weighted by Gasteiger charge is 2.25. The van der Waals surface area contributed by atoms with Gasteiger partial charge in [-0.1, -0.05) is 52.3 Å². The molecule has 2 heterocycles. The summed E-state index contributed by atoms with van der Waals surface area (Å²) in [6, 6.07) is 7.28. The lowest BCUT2D eigenvalue weighted by molar-refractivity contribution is -0.128. The van der Waals surface area contributed by atoms with Crippen LogP contribution in [-0.4, -0.2) is 27.8 Å². The second kappa shape index (κ2) is 9.89. The molecule has 2 amide bonds. The third kappa shape index (κ3) is 5.08. The van der Waals surface area contributed by atoms with Gasteiger partial charge in [0, 0.05) is 34.3 Å². The first-order valence-electron chi connectivity index (χ1n) is 10.6. The van der Waals surface area contributed by atoms with Crippen molar-refractivity contribution in [2.45, 2.75) is 59.4 Å². The van der Waals surface area contributed by atoms with Crippen LogP contribution in [-0.2, 0) is 28.9 Å². The van der Waals surface area contributed by atoms with E-state index in [9.17, 15) is 9.59 Å². The van der Waals surface area contributed by atoms with E-state index in [1.54, 1.807) is 0 Å². The molecule has 2 aromatic heterocycles. The van der Waals surface area contributed by atoms with Crippen molar-refractivity contribution < 1.29 is 9.59 Å². The Morgan fingerprint density at radius 2 is 1.93 bits per heavy atom. The zero-order chi connectivity index (χ0) is 21.7. The van der Waals surface area contributed by atoms with E-state index in [1.165, 1.54) is 16.2 Å². The molecule has 7 heteroatoms. The second-order valence-electron chi connectivity index (χ2n) is 7.76. The summed E-state index contributed by atoms with van der Waals surface area (Å²) in [7, 11) is 0. The Morgan fingerprint density at radius 1 is 1.17 bits per heavy atom. The van der Waals surface area contributed by atoms with E-state index in [1.807, 2.05) is 44.3 Å². The van der Waals surface area contributed by atoms with Crippen molar-refractivity contribution in [3.05, 3.63) is 46.6 Å². The fraction of sp³-hybridized carbons (Fsp3) is 0.435. The number of carbonyl (C=O) groups excluding carboxylic acids is 2. The molecule has 3 rings (SSSR count). The van der Waals surface area contributed by atoms with Crippen LogP contribution in [0.2, 0.25) is 0 Å². The van der Waals surface area contributed by atoms with E-state index in [0.29, 0.717) is 11.6 Å². The van der Waals surface area contributed by atoms with E-state index in [4.69, 9.17) is 0 Å². The van der Waals surface area contributed by atoms with Gasteiger partial charge in [-0.3, -0.25) is 9.59 Å². The number of benzene rings is 1. The summed E-state index contributed by atoms with van der Waals surface area (Å²) in [6.45, 7) is 7.86. The number of aromatic nitrogens is 2. The maximum Gasteiger partial charge on any atom is 0.249 e. The van der Waals surface area contributed by atoms with Gasteiger partial charge in [-0.2, -0.15) is 0 Å². The molecule has 1 unspecified atom stereocenters. The van der Waals surface area contributed by atoms with Crippen LogP contribution in [0.25, 0.3) is 10.9 Å². The van der Waals surface area contributed by atoms with Gasteiger partial charge in [0.05, 0.1) is 5.69 Å². The number of para-hydroxylation sites is 1. The maximum absolute atomic E-state index is 13.1. The first-order chi connectivity index (χ1) is 14.4. The zero-order valence-corrected chi connectivity index (χ0v) is 18.9. The molecule has 0 fully saturated rings. The highest BCUT2D eigenvalue weighted by atomic mass is 32.1. The summed E-state index contributed by atoms with van der Waals surface area (Å²) in [6.07, 6.45) is 5.12. The molecular formula is C23H30N4O2S. The Balaban J connectivity index is 1.82. The Bertz CT molecular complexity index is 1020. The number of nitrogens with zero attached hydrogens (tertiary/aromatic N) is 1. The summed E-state index contributed by atoms with van der Waals surface area (Å²) >= 11 is 1.52. The number of aromatic amines is 1. The van der Waals surface area contributed by atoms with Crippen molar-refractivity contribution in [2.75, 3.05) is 5.32 Å². The van der Waals surface area contributed by atoms with Crippen LogP contribution in [0.4, 0.5) is 5.13 Å². The first-order valence-corrected chi connectivity index (χ1v) is 11.4. The predicted octanol–water partition coefficient (Wildman–Crippen LogP) is 4.46. The van der Waals surface area contributed by atoms with Gasteiger partial charge in [0.2, 0.25) is 11.8 Å². The van der Waals surface area contributed by atoms with Crippen LogP contribution in [0.5, 0.6) is 0 Å². The Morgan fingerprint density at radius 3 is 2.63 bits per heavy atom. The minimum absolute atomic E-state index is 0.143. The van der Waals surface area contributed by atoms with Crippen molar-refractivity contribution in [1.29, 1.82) is 0 Å². The minimum Gasteiger partial charge on any atom is -0.361 e. The van der Waals surface area contributed by atoms with Crippen molar-refractivity contribution in [3.8, 4) is 0 Å². The van der Waals surface area contributed by atoms with Gasteiger partial charge < -0.3 is 15.6 Å². The number of nitrogens with one attached hydrogen (secondary N) is 3. The molecule has 1 aromatic carbocycles. The van der Waals surface area contributed by atoms with Gasteiger partial charge in [-0.05, 0) is 24.5 Å². The monoisotopic (exact) mass is 426 g/mol. The lowest BCUT2D eigenvalue weighted by atomic mass is 10.0. The molecule has 3 N–H and O–H groups in total. The molecule has 0 saturated carbocycles. The summed E-state index contributed by atoms with van der Waals surface area (Å²) in [5, 5.41) is 7.51. The number of hydrogen-bond donors (Lipinski definition) is 3. The fourth-order valence-corrected chi connectivity index (χ4v) is 4.36. The van der Waals surface area contributed by atoms with Crippen molar-refractivity contribution in [1.82, 2.24) is 15.3 Å². The minimum atomic E-state index is -0.678. The number of amides is 2. The summed E-state index contributed by atoms with van der Waals surface area (Å²) in [5.74, 6) is -0.588. The third-order valence-electron chi connectivity index (χ3n) is 5.07. The largest absolute Gasteiger partial charge is 0.361 e. The molecule has 0 radical (unpaired) electrons. The van der Waals surface area contributed by atoms with E-state index >= 15 is 0 Å². The number of fused-ring (bicyclic) bond motifs is 1. The van der Waals surface area contributed by atoms with Crippen molar-refractivity contribution in [3.63, 3.8) is 0 Å². The predicted molar refractivity (Wildman–Crippen MR) is 123 cm³/mol. The van der Waals surface area contributed by atoms with Crippen LogP contribution < -0.4 is 10.6 Å². The summed E-state index contributed by atoms with van der Waals surface area (Å²) in [5.41, 5.74) is 3.06. The molecule has 3 aromatic rings. The van der Waals surface area contributed by atoms with E-state index < -0.39 is 6.04 Å². The van der Waals surface area contributed by atoms with Gasteiger partial charge in [0.25, 0.3) is 0 Å². The molecule has 160 valence electrons. The topological polar surface area (TPSA) is 86.9 Å². The number of carbonyl (C=O) groups is 2. The molecule has 0 bridgehead atoms. The van der Waals surface area contributed by atoms with Crippen LogP contribution >= 0.6 is 11.3 Å². The average molecular weight is 427 g/mol. The van der Waals surface area contributed by atoms with Gasteiger partial charge in [0.1, 0.15) is 6.04 Å². The molecule has 0 aliphatic heterocycles. The summed E-state index contributed by atoms with van der Waals surface area (Å²) < 4.78 is 0. The smallest absolute Gasteiger partial charge is 0.249 e. The number of thiazole rings is 1. The quantitative estimate of drug-likeness (QED) is 0.472. The van der Waals surface area contributed by atoms with E-state index in [0.717, 1.165) is 41.4 Å². The van der Waals surface area contributed by atoms with Crippen LogP contribution in [0.1, 0.15) is 50.3 Å². The molecule has 0 spiro atoms. The standard InChI is InChI=1S/C23H30N4O2S/c1-5-9-18-20(6-2)30-23(26-18)27-22(29)19(25-21(28)14(3)4)12-15-13-24-17-11-8-7-10-16(15)17/h7-8,10-11,13-14,19,24H,5-6,9,12H2,1-4H3,(H,25,28)(H,26,27,29). The maximum atomic E-state index is 13.1. The Labute approximate surface area is 181 Å². The highest BCUT2D eigenvalue weighted by molar-refractivity contribution is 7.15. The number of H-pyrrole nitrogens is 1. The number of hydrogen-bond acceptors (Lipinski definition) is 4. The Kier molecular flexibility index (Phi) is 7.26. The third-order valence-corrected chi connectivity index (χ3v) is 6.23. The average Bonchev–Trinajstić information content (AvgIpc) is 3.31. The van der Waals surface area contributed by atoms with Gasteiger partial charge >= 0.3 is 0 Å². The van der Waals surface area contributed by atoms with Crippen molar-refractivity contribution in [2.24, 2.45) is 5.92 Å². The van der Waals surface area contributed by atoms with Crippen LogP contribution in [0, 0.1) is 5.92 Å². The fourth-order valence-electron chi connectivity index (χ4n) is 3.41. The molecule has 0 aliphatic carbocycles. The number of rotatable bonds is 9. The molecule has 6 nitrogen and oxygen atoms in total. The lowest BCUT2D eigenvalue weighted by Crippen LogP contribution is -2.46. The van der Waals surface area contributed by atoms with E-state index in [2.05, 4.69) is 34.4 Å². The van der Waals surface area contributed by atoms with Gasteiger partial charge in [-0.15, -0.1) is 11.3 Å². The Hall–Kier alpha value is -2.67. The summed E-state index contributed by atoms with van der Waals surface area (Å²) in [4.78, 5) is 34.6. The SMILES string of the molecule is CCCc1nc(NC(=O)C(Cc2c[nH]c3ccccc23)NC(=O)C(C)C)sc1CC. The zero-order valence-electron chi connectivity index (χ0n) is 18.0. The molecule has 1 atom stereocenters. The van der Waals surface area contributed by atoms with Crippen LogP contribution in [0.3, 0.4) is 0 Å². The first kappa shape index (κ1) is 22.0. The number of anilines is 1. The van der Waals surface area contributed by atoms with Crippen molar-refractivity contribution >= 4 is 39.2 Å². The van der Waals surface area contributed by atoms with Gasteiger partial charge in [-0.25, -0.2) is 4.98 Å². The molecule has 30 heavy (non-hydrogen) atoms. The van der Waals surface area contributed by atoms with Gasteiger partial charge in [0.15, 0.2) is 5.13 Å². The normalized spacial score (nSPS) is 12.3. The van der Waals surface area contributed by atoms with E-state index in [-0.39, 0.29) is 17.7 Å². The number of aryl methyl sites for hydroxylation is 2. The highest BCUT2D eigenvalue weighted by Crippen LogP contribution is 2.25. The van der Waals surface area contributed by atoms with Crippen LogP contribution in [0.15, 0.2) is 30.5 Å². The lowest BCUT2D eigenvalue weighted by Gasteiger charge is -2.19. The second-order valence-corrected chi connectivity index (χ2v) is 8.84. The molecule has 0 saturated heterocycles. The molecule has 0 aliphatic rings. The molecular weight excluding hydrogens is 396 g/mol.